The SMILES string of the molecule is CC(=O)ONC1=c2ccccc2=NC1C1C(=O)Nc2cc(Br)ccc21. The van der Waals surface area contributed by atoms with Crippen molar-refractivity contribution >= 4 is 39.2 Å². The van der Waals surface area contributed by atoms with E-state index < -0.39 is 17.9 Å². The zero-order valence-electron chi connectivity index (χ0n) is 13.2. The van der Waals surface area contributed by atoms with Crippen LogP contribution in [-0.2, 0) is 14.4 Å². The molecule has 2 aliphatic heterocycles. The molecule has 0 bridgehead atoms. The molecule has 2 aromatic carbocycles. The van der Waals surface area contributed by atoms with Gasteiger partial charge in [0.15, 0.2) is 0 Å². The van der Waals surface area contributed by atoms with E-state index in [1.54, 1.807) is 0 Å². The highest BCUT2D eigenvalue weighted by Crippen LogP contribution is 2.39. The fourth-order valence-corrected chi connectivity index (χ4v) is 3.61. The number of hydrogen-bond acceptors (Lipinski definition) is 5. The first-order valence-corrected chi connectivity index (χ1v) is 8.55. The third kappa shape index (κ3) is 2.70. The lowest BCUT2D eigenvalue weighted by molar-refractivity contribution is -0.145. The number of halogens is 1. The van der Waals surface area contributed by atoms with Crippen LogP contribution in [0.3, 0.4) is 0 Å². The summed E-state index contributed by atoms with van der Waals surface area (Å²) in [5, 5.41) is 4.49. The van der Waals surface area contributed by atoms with Crippen LogP contribution < -0.4 is 21.4 Å². The lowest BCUT2D eigenvalue weighted by Crippen LogP contribution is -2.34. The zero-order chi connectivity index (χ0) is 17.6. The lowest BCUT2D eigenvalue weighted by Gasteiger charge is -2.19. The van der Waals surface area contributed by atoms with Crippen molar-refractivity contribution in [2.75, 3.05) is 5.32 Å². The maximum Gasteiger partial charge on any atom is 0.329 e. The topological polar surface area (TPSA) is 79.8 Å². The summed E-state index contributed by atoms with van der Waals surface area (Å²) in [6.45, 7) is 1.32. The molecule has 7 heteroatoms. The van der Waals surface area contributed by atoms with Crippen molar-refractivity contribution in [3.05, 3.63) is 63.1 Å². The Bertz CT molecular complexity index is 1020. The van der Waals surface area contributed by atoms with Crippen molar-refractivity contribution in [3.63, 3.8) is 0 Å². The number of benzene rings is 2. The first-order chi connectivity index (χ1) is 12.0. The normalized spacial score (nSPS) is 20.4. The highest BCUT2D eigenvalue weighted by atomic mass is 79.9. The molecule has 2 aromatic rings. The van der Waals surface area contributed by atoms with Crippen LogP contribution in [0.4, 0.5) is 5.69 Å². The summed E-state index contributed by atoms with van der Waals surface area (Å²) in [7, 11) is 0. The fourth-order valence-electron chi connectivity index (χ4n) is 3.24. The second-order valence-corrected chi connectivity index (χ2v) is 6.81. The highest BCUT2D eigenvalue weighted by Gasteiger charge is 2.40. The van der Waals surface area contributed by atoms with E-state index in [2.05, 4.69) is 26.7 Å². The number of fused-ring (bicyclic) bond motifs is 2. The minimum Gasteiger partial charge on any atom is -0.344 e. The van der Waals surface area contributed by atoms with E-state index in [0.29, 0.717) is 5.70 Å². The molecule has 6 nitrogen and oxygen atoms in total. The molecule has 2 unspecified atom stereocenters. The summed E-state index contributed by atoms with van der Waals surface area (Å²) >= 11 is 3.41. The van der Waals surface area contributed by atoms with Gasteiger partial charge >= 0.3 is 5.97 Å². The van der Waals surface area contributed by atoms with E-state index in [1.165, 1.54) is 6.92 Å². The lowest BCUT2D eigenvalue weighted by atomic mass is 9.91. The summed E-state index contributed by atoms with van der Waals surface area (Å²) < 4.78 is 0.890. The highest BCUT2D eigenvalue weighted by molar-refractivity contribution is 9.10. The number of hydrogen-bond donors (Lipinski definition) is 2. The second kappa shape index (κ2) is 6.00. The van der Waals surface area contributed by atoms with E-state index in [0.717, 1.165) is 26.3 Å². The zero-order valence-corrected chi connectivity index (χ0v) is 14.8. The number of hydroxylamine groups is 1. The third-order valence-corrected chi connectivity index (χ3v) is 4.77. The fraction of sp³-hybridized carbons (Fsp3) is 0.167. The van der Waals surface area contributed by atoms with Gasteiger partial charge in [-0.2, -0.15) is 0 Å². The molecule has 2 aliphatic rings. The predicted molar refractivity (Wildman–Crippen MR) is 94.8 cm³/mol. The molecule has 0 aliphatic carbocycles. The molecule has 0 fully saturated rings. The van der Waals surface area contributed by atoms with Crippen LogP contribution >= 0.6 is 15.9 Å². The molecule has 25 heavy (non-hydrogen) atoms. The molecule has 0 saturated heterocycles. The van der Waals surface area contributed by atoms with Gasteiger partial charge in [0.1, 0.15) is 6.04 Å². The maximum absolute atomic E-state index is 12.6. The van der Waals surface area contributed by atoms with Crippen molar-refractivity contribution in [1.29, 1.82) is 0 Å². The Balaban J connectivity index is 1.81. The van der Waals surface area contributed by atoms with Crippen LogP contribution in [0.25, 0.3) is 5.70 Å². The minimum atomic E-state index is -0.492. The van der Waals surface area contributed by atoms with Crippen molar-refractivity contribution in [3.8, 4) is 0 Å². The smallest absolute Gasteiger partial charge is 0.329 e. The van der Waals surface area contributed by atoms with Gasteiger partial charge in [-0.3, -0.25) is 14.6 Å². The van der Waals surface area contributed by atoms with Crippen LogP contribution in [0.2, 0.25) is 0 Å². The van der Waals surface area contributed by atoms with Crippen LogP contribution in [0.15, 0.2) is 51.9 Å². The summed E-state index contributed by atoms with van der Waals surface area (Å²) in [5.41, 5.74) is 4.96. The van der Waals surface area contributed by atoms with Crippen molar-refractivity contribution in [1.82, 2.24) is 5.48 Å². The summed E-state index contributed by atoms with van der Waals surface area (Å²) in [6.07, 6.45) is 0. The average molecular weight is 400 g/mol. The first-order valence-electron chi connectivity index (χ1n) is 7.75. The van der Waals surface area contributed by atoms with E-state index in [1.807, 2.05) is 42.5 Å². The Morgan fingerprint density at radius 2 is 2.08 bits per heavy atom. The molecule has 2 heterocycles. The van der Waals surface area contributed by atoms with Crippen LogP contribution in [0, 0.1) is 0 Å². The minimum absolute atomic E-state index is 0.128. The summed E-state index contributed by atoms with van der Waals surface area (Å²) in [5.74, 6) is -1.08. The van der Waals surface area contributed by atoms with Crippen LogP contribution in [0.1, 0.15) is 18.4 Å². The summed E-state index contributed by atoms with van der Waals surface area (Å²) in [4.78, 5) is 33.5. The molecule has 2 atom stereocenters. The molecular formula is C18H14BrN3O3. The Hall–Kier alpha value is -2.67. The van der Waals surface area contributed by atoms with Gasteiger partial charge in [0, 0.05) is 22.3 Å². The molecule has 126 valence electrons. The number of anilines is 1. The van der Waals surface area contributed by atoms with Crippen molar-refractivity contribution < 1.29 is 14.4 Å². The quantitative estimate of drug-likeness (QED) is 0.763. The predicted octanol–water partition coefficient (Wildman–Crippen LogP) is 1.36. The van der Waals surface area contributed by atoms with E-state index in [4.69, 9.17) is 9.83 Å². The summed E-state index contributed by atoms with van der Waals surface area (Å²) in [6, 6.07) is 12.7. The molecule has 2 N–H and O–H groups in total. The molecule has 4 rings (SSSR count). The van der Waals surface area contributed by atoms with Crippen molar-refractivity contribution in [2.24, 2.45) is 4.99 Å². The maximum atomic E-state index is 12.6. The third-order valence-electron chi connectivity index (χ3n) is 4.28. The van der Waals surface area contributed by atoms with Gasteiger partial charge in [0.25, 0.3) is 0 Å². The number of para-hydroxylation sites is 1. The van der Waals surface area contributed by atoms with Gasteiger partial charge < -0.3 is 10.2 Å². The van der Waals surface area contributed by atoms with E-state index in [-0.39, 0.29) is 5.91 Å². The second-order valence-electron chi connectivity index (χ2n) is 5.90. The monoisotopic (exact) mass is 399 g/mol. The van der Waals surface area contributed by atoms with E-state index >= 15 is 0 Å². The standard InChI is InChI=1S/C18H14BrN3O3/c1-9(23)25-22-16-12-4-2-3-5-13(12)20-17(16)15-11-7-6-10(19)8-14(11)21-18(15)24/h2-8,15,17,22H,1H3,(H,21,24). The van der Waals surface area contributed by atoms with Gasteiger partial charge in [0.05, 0.1) is 17.0 Å². The van der Waals surface area contributed by atoms with Gasteiger partial charge in [0.2, 0.25) is 5.91 Å². The Kier molecular flexibility index (Phi) is 3.80. The Morgan fingerprint density at radius 3 is 2.88 bits per heavy atom. The van der Waals surface area contributed by atoms with Gasteiger partial charge in [-0.1, -0.05) is 40.2 Å². The number of amides is 1. The van der Waals surface area contributed by atoms with Crippen molar-refractivity contribution in [2.45, 2.75) is 18.9 Å². The Labute approximate surface area is 151 Å². The Morgan fingerprint density at radius 1 is 1.28 bits per heavy atom. The van der Waals surface area contributed by atoms with E-state index in [9.17, 15) is 9.59 Å². The largest absolute Gasteiger partial charge is 0.344 e. The number of carbonyl (C=O) groups excluding carboxylic acids is 2. The van der Waals surface area contributed by atoms with Gasteiger partial charge in [-0.25, -0.2) is 5.48 Å². The molecule has 1 amide bonds. The number of nitrogens with one attached hydrogen (secondary N) is 2. The molecule has 0 aromatic heterocycles. The molecular weight excluding hydrogens is 386 g/mol. The number of carbonyl (C=O) groups is 2. The van der Waals surface area contributed by atoms with Crippen LogP contribution in [-0.4, -0.2) is 17.9 Å². The van der Waals surface area contributed by atoms with Gasteiger partial charge in [-0.15, -0.1) is 0 Å². The van der Waals surface area contributed by atoms with Crippen LogP contribution in [0.5, 0.6) is 0 Å². The first kappa shape index (κ1) is 15.8. The molecule has 0 radical (unpaired) electrons. The number of rotatable bonds is 3. The number of nitrogens with zero attached hydrogens (tertiary/aromatic N) is 1. The van der Waals surface area contributed by atoms with Gasteiger partial charge in [-0.05, 0) is 23.8 Å². The molecule has 0 spiro atoms. The average Bonchev–Trinajstić information content (AvgIpc) is 3.08. The molecule has 0 saturated carbocycles.